The van der Waals surface area contributed by atoms with Crippen molar-refractivity contribution < 1.29 is 22.8 Å². The van der Waals surface area contributed by atoms with Crippen LogP contribution in [0.15, 0.2) is 24.4 Å². The van der Waals surface area contributed by atoms with Crippen LogP contribution in [0.25, 0.3) is 0 Å². The van der Waals surface area contributed by atoms with Crippen molar-refractivity contribution in [1.29, 1.82) is 0 Å². The Morgan fingerprint density at radius 3 is 2.68 bits per heavy atom. The van der Waals surface area contributed by atoms with Crippen molar-refractivity contribution in [3.8, 4) is 0 Å². The summed E-state index contributed by atoms with van der Waals surface area (Å²) in [5.41, 5.74) is 0.0141. The Kier molecular flexibility index (Phi) is 6.68. The first-order valence-corrected chi connectivity index (χ1v) is 10.0. The Morgan fingerprint density at radius 1 is 1.29 bits per heavy atom. The number of anilines is 2. The van der Waals surface area contributed by atoms with Crippen LogP contribution < -0.4 is 15.5 Å². The van der Waals surface area contributed by atoms with Gasteiger partial charge in [0.05, 0.1) is 10.6 Å². The molecule has 0 aromatic carbocycles. The minimum Gasteiger partial charge on any atom is -0.353 e. The highest BCUT2D eigenvalue weighted by Gasteiger charge is 2.33. The summed E-state index contributed by atoms with van der Waals surface area (Å²) < 4.78 is 38.4. The number of nitrogens with one attached hydrogen (secondary N) is 2. The summed E-state index contributed by atoms with van der Waals surface area (Å²) >= 11 is 6.02. The van der Waals surface area contributed by atoms with Gasteiger partial charge in [0.15, 0.2) is 0 Å². The summed E-state index contributed by atoms with van der Waals surface area (Å²) in [6.45, 7) is 4.26. The molecular weight excluding hydrogens is 435 g/mol. The third-order valence-electron chi connectivity index (χ3n) is 4.78. The second-order valence-electron chi connectivity index (χ2n) is 7.22. The van der Waals surface area contributed by atoms with E-state index in [9.17, 15) is 22.8 Å². The molecule has 2 N–H and O–H groups in total. The standard InChI is InChI=1S/C20H21ClF3N5O2/c1-3-17(30)28-16-7-12(6-11(2)26-16)19(31)27-14-4-5-29(10-14)18-15(21)8-13(9-25-18)20(22,23)24/h6-9,14H,3-5,10H2,1-2H3,(H,27,31)(H,26,28,30)/t14-/m1/s1. The third kappa shape index (κ3) is 5.63. The molecule has 3 rings (SSSR count). The Labute approximate surface area is 182 Å². The van der Waals surface area contributed by atoms with Gasteiger partial charge >= 0.3 is 6.18 Å². The molecule has 11 heteroatoms. The number of alkyl halides is 3. The largest absolute Gasteiger partial charge is 0.417 e. The van der Waals surface area contributed by atoms with Gasteiger partial charge in [-0.25, -0.2) is 9.97 Å². The number of halogens is 4. The minimum absolute atomic E-state index is 0.0946. The molecule has 1 saturated heterocycles. The van der Waals surface area contributed by atoms with Crippen molar-refractivity contribution >= 4 is 35.1 Å². The first kappa shape index (κ1) is 22.8. The Bertz CT molecular complexity index is 999. The molecule has 0 saturated carbocycles. The Balaban J connectivity index is 1.66. The van der Waals surface area contributed by atoms with E-state index in [1.165, 1.54) is 6.07 Å². The van der Waals surface area contributed by atoms with Gasteiger partial charge in [0, 0.05) is 43.0 Å². The van der Waals surface area contributed by atoms with Crippen LogP contribution in [-0.2, 0) is 11.0 Å². The number of nitrogens with zero attached hydrogens (tertiary/aromatic N) is 3. The Hall–Kier alpha value is -2.88. The van der Waals surface area contributed by atoms with Crippen molar-refractivity contribution in [2.75, 3.05) is 23.3 Å². The summed E-state index contributed by atoms with van der Waals surface area (Å²) in [7, 11) is 0. The maximum absolute atomic E-state index is 12.8. The van der Waals surface area contributed by atoms with E-state index in [0.29, 0.717) is 36.6 Å². The van der Waals surface area contributed by atoms with Crippen LogP contribution >= 0.6 is 11.6 Å². The van der Waals surface area contributed by atoms with E-state index in [1.807, 2.05) is 0 Å². The summed E-state index contributed by atoms with van der Waals surface area (Å²) in [6, 6.07) is 3.71. The normalized spacial score (nSPS) is 16.3. The van der Waals surface area contributed by atoms with Gasteiger partial charge in [0.1, 0.15) is 11.6 Å². The molecule has 0 spiro atoms. The van der Waals surface area contributed by atoms with Crippen LogP contribution in [0.2, 0.25) is 5.02 Å². The first-order chi connectivity index (χ1) is 14.6. The summed E-state index contributed by atoms with van der Waals surface area (Å²) in [4.78, 5) is 34.1. The lowest BCUT2D eigenvalue weighted by atomic mass is 10.2. The number of amides is 2. The molecule has 1 atom stereocenters. The molecule has 0 aliphatic carbocycles. The first-order valence-electron chi connectivity index (χ1n) is 9.64. The predicted octanol–water partition coefficient (Wildman–Crippen LogP) is 3.81. The fraction of sp³-hybridized carbons (Fsp3) is 0.400. The van der Waals surface area contributed by atoms with Crippen LogP contribution in [0.3, 0.4) is 0 Å². The summed E-state index contributed by atoms with van der Waals surface area (Å²) in [5.74, 6) is -0.00541. The highest BCUT2D eigenvalue weighted by atomic mass is 35.5. The van der Waals surface area contributed by atoms with Crippen molar-refractivity contribution in [2.24, 2.45) is 0 Å². The van der Waals surface area contributed by atoms with Crippen molar-refractivity contribution in [2.45, 2.75) is 38.9 Å². The molecule has 0 bridgehead atoms. The SMILES string of the molecule is CCC(=O)Nc1cc(C(=O)N[C@@H]2CCN(c3ncc(C(F)(F)F)cc3Cl)C2)cc(C)n1. The van der Waals surface area contributed by atoms with E-state index in [0.717, 1.165) is 12.3 Å². The van der Waals surface area contributed by atoms with Gasteiger partial charge in [-0.1, -0.05) is 18.5 Å². The lowest BCUT2D eigenvalue weighted by Crippen LogP contribution is -2.37. The number of aromatic nitrogens is 2. The highest BCUT2D eigenvalue weighted by molar-refractivity contribution is 6.33. The fourth-order valence-corrected chi connectivity index (χ4v) is 3.54. The molecular formula is C20H21ClF3N5O2. The number of aryl methyl sites for hydroxylation is 1. The number of carbonyl (C=O) groups excluding carboxylic acids is 2. The number of hydrogen-bond acceptors (Lipinski definition) is 5. The molecule has 2 amide bonds. The van der Waals surface area contributed by atoms with E-state index in [2.05, 4.69) is 20.6 Å². The molecule has 2 aromatic heterocycles. The summed E-state index contributed by atoms with van der Waals surface area (Å²) in [6.07, 6.45) is -2.91. The van der Waals surface area contributed by atoms with E-state index in [1.54, 1.807) is 24.8 Å². The van der Waals surface area contributed by atoms with Crippen LogP contribution in [0.4, 0.5) is 24.8 Å². The smallest absolute Gasteiger partial charge is 0.353 e. The second kappa shape index (κ2) is 9.09. The van der Waals surface area contributed by atoms with E-state index >= 15 is 0 Å². The van der Waals surface area contributed by atoms with Crippen molar-refractivity contribution in [3.05, 3.63) is 46.2 Å². The van der Waals surface area contributed by atoms with E-state index in [4.69, 9.17) is 11.6 Å². The predicted molar refractivity (Wildman–Crippen MR) is 110 cm³/mol. The Morgan fingerprint density at radius 2 is 2.03 bits per heavy atom. The zero-order valence-electron chi connectivity index (χ0n) is 16.9. The van der Waals surface area contributed by atoms with Gasteiger partial charge in [-0.05, 0) is 31.5 Å². The number of pyridine rings is 2. The number of carbonyl (C=O) groups is 2. The van der Waals surface area contributed by atoms with Crippen molar-refractivity contribution in [3.63, 3.8) is 0 Å². The van der Waals surface area contributed by atoms with Crippen LogP contribution in [0, 0.1) is 6.92 Å². The van der Waals surface area contributed by atoms with Gasteiger partial charge in [-0.3, -0.25) is 9.59 Å². The topological polar surface area (TPSA) is 87.2 Å². The average molecular weight is 456 g/mol. The molecule has 1 fully saturated rings. The highest BCUT2D eigenvalue weighted by Crippen LogP contribution is 2.34. The van der Waals surface area contributed by atoms with Gasteiger partial charge in [-0.15, -0.1) is 0 Å². The molecule has 2 aromatic rings. The van der Waals surface area contributed by atoms with Crippen molar-refractivity contribution in [1.82, 2.24) is 15.3 Å². The third-order valence-corrected chi connectivity index (χ3v) is 5.05. The van der Waals surface area contributed by atoms with Gasteiger partial charge in [-0.2, -0.15) is 13.2 Å². The summed E-state index contributed by atoms with van der Waals surface area (Å²) in [5, 5.41) is 5.44. The van der Waals surface area contributed by atoms with E-state index in [-0.39, 0.29) is 35.1 Å². The molecule has 7 nitrogen and oxygen atoms in total. The zero-order valence-corrected chi connectivity index (χ0v) is 17.6. The fourth-order valence-electron chi connectivity index (χ4n) is 3.25. The van der Waals surface area contributed by atoms with Gasteiger partial charge < -0.3 is 15.5 Å². The van der Waals surface area contributed by atoms with Gasteiger partial charge in [0.25, 0.3) is 5.91 Å². The minimum atomic E-state index is -4.52. The van der Waals surface area contributed by atoms with Gasteiger partial charge in [0.2, 0.25) is 5.91 Å². The molecule has 31 heavy (non-hydrogen) atoms. The number of hydrogen-bond donors (Lipinski definition) is 2. The second-order valence-corrected chi connectivity index (χ2v) is 7.62. The maximum Gasteiger partial charge on any atom is 0.417 e. The van der Waals surface area contributed by atoms with Crippen LogP contribution in [-0.4, -0.2) is 40.9 Å². The quantitative estimate of drug-likeness (QED) is 0.715. The maximum atomic E-state index is 12.8. The van der Waals surface area contributed by atoms with E-state index < -0.39 is 11.7 Å². The molecule has 0 unspecified atom stereocenters. The zero-order chi connectivity index (χ0) is 22.8. The van der Waals surface area contributed by atoms with Crippen LogP contribution in [0.5, 0.6) is 0 Å². The lowest BCUT2D eigenvalue weighted by Gasteiger charge is -2.20. The monoisotopic (exact) mass is 455 g/mol. The molecule has 0 radical (unpaired) electrons. The average Bonchev–Trinajstić information content (AvgIpc) is 3.14. The molecule has 166 valence electrons. The molecule has 1 aliphatic heterocycles. The number of rotatable bonds is 5. The molecule has 3 heterocycles. The lowest BCUT2D eigenvalue weighted by molar-refractivity contribution is -0.137. The van der Waals surface area contributed by atoms with Crippen LogP contribution in [0.1, 0.15) is 41.4 Å². The molecule has 1 aliphatic rings.